The predicted octanol–water partition coefficient (Wildman–Crippen LogP) is 2.99. The average Bonchev–Trinajstić information content (AvgIpc) is 2.72. The Morgan fingerprint density at radius 2 is 2.18 bits per heavy atom. The van der Waals surface area contributed by atoms with Gasteiger partial charge in [-0.15, -0.1) is 0 Å². The summed E-state index contributed by atoms with van der Waals surface area (Å²) in [7, 11) is 1.62. The zero-order chi connectivity index (χ0) is 12.5. The van der Waals surface area contributed by atoms with Crippen LogP contribution in [0, 0.1) is 6.92 Å². The monoisotopic (exact) mass is 234 g/mol. The van der Waals surface area contributed by atoms with Gasteiger partial charge in [-0.1, -0.05) is 18.2 Å². The van der Waals surface area contributed by atoms with Crippen molar-refractivity contribution in [3.63, 3.8) is 0 Å². The number of benzene rings is 1. The molecule has 0 saturated carbocycles. The maximum Gasteiger partial charge on any atom is 0.137 e. The van der Waals surface area contributed by atoms with Crippen LogP contribution < -0.4 is 0 Å². The van der Waals surface area contributed by atoms with E-state index in [0.717, 1.165) is 16.5 Å². The van der Waals surface area contributed by atoms with Gasteiger partial charge in [-0.05, 0) is 25.5 Å². The molecular formula is C14H18O3. The fraction of sp³-hybridized carbons (Fsp3) is 0.429. The fourth-order valence-electron chi connectivity index (χ4n) is 1.90. The molecule has 1 unspecified atom stereocenters. The summed E-state index contributed by atoms with van der Waals surface area (Å²) in [5, 5.41) is 11.4. The summed E-state index contributed by atoms with van der Waals surface area (Å²) in [4.78, 5) is 0. The number of para-hydroxylation sites is 1. The average molecular weight is 234 g/mol. The summed E-state index contributed by atoms with van der Waals surface area (Å²) in [6, 6.07) is 7.88. The number of hydrogen-bond donors (Lipinski definition) is 1. The van der Waals surface area contributed by atoms with Crippen molar-refractivity contribution in [1.29, 1.82) is 0 Å². The van der Waals surface area contributed by atoms with E-state index in [1.807, 2.05) is 31.2 Å². The summed E-state index contributed by atoms with van der Waals surface area (Å²) in [6.45, 7) is 4.25. The van der Waals surface area contributed by atoms with Gasteiger partial charge in [0.1, 0.15) is 16.9 Å². The fourth-order valence-corrected chi connectivity index (χ4v) is 1.90. The van der Waals surface area contributed by atoms with E-state index < -0.39 is 5.60 Å². The zero-order valence-electron chi connectivity index (χ0n) is 10.5. The highest BCUT2D eigenvalue weighted by Crippen LogP contribution is 2.31. The Bertz CT molecular complexity index is 511. The third-order valence-corrected chi connectivity index (χ3v) is 3.06. The molecule has 0 bridgehead atoms. The highest BCUT2D eigenvalue weighted by Gasteiger charge is 2.27. The van der Waals surface area contributed by atoms with Gasteiger partial charge in [0.15, 0.2) is 0 Å². The minimum absolute atomic E-state index is 0.503. The highest BCUT2D eigenvalue weighted by molar-refractivity contribution is 5.81. The lowest BCUT2D eigenvalue weighted by Crippen LogP contribution is -2.22. The number of methoxy groups -OCH3 is 1. The van der Waals surface area contributed by atoms with Crippen molar-refractivity contribution in [3.05, 3.63) is 35.6 Å². The lowest BCUT2D eigenvalue weighted by molar-refractivity contribution is 0.00403. The van der Waals surface area contributed by atoms with Crippen LogP contribution in [-0.4, -0.2) is 18.8 Å². The van der Waals surface area contributed by atoms with Crippen molar-refractivity contribution >= 4 is 11.0 Å². The van der Waals surface area contributed by atoms with Crippen molar-refractivity contribution in [2.75, 3.05) is 13.7 Å². The number of aryl methyl sites for hydroxylation is 1. The van der Waals surface area contributed by atoms with Gasteiger partial charge >= 0.3 is 0 Å². The molecule has 1 N–H and O–H groups in total. The van der Waals surface area contributed by atoms with Crippen LogP contribution in [0.25, 0.3) is 11.0 Å². The SMILES string of the molecule is COCCC(C)(O)c1cc2cccc(C)c2o1. The van der Waals surface area contributed by atoms with Gasteiger partial charge in [-0.3, -0.25) is 0 Å². The maximum atomic E-state index is 10.3. The minimum atomic E-state index is -0.985. The molecular weight excluding hydrogens is 216 g/mol. The first kappa shape index (κ1) is 12.1. The van der Waals surface area contributed by atoms with Gasteiger partial charge in [0.25, 0.3) is 0 Å². The van der Waals surface area contributed by atoms with Gasteiger partial charge in [0.2, 0.25) is 0 Å². The molecule has 0 saturated heterocycles. The van der Waals surface area contributed by atoms with Crippen molar-refractivity contribution in [1.82, 2.24) is 0 Å². The van der Waals surface area contributed by atoms with Crippen LogP contribution in [0.2, 0.25) is 0 Å². The highest BCUT2D eigenvalue weighted by atomic mass is 16.5. The lowest BCUT2D eigenvalue weighted by atomic mass is 9.99. The standard InChI is InChI=1S/C14H18O3/c1-10-5-4-6-11-9-12(17-13(10)11)14(2,15)7-8-16-3/h4-6,9,15H,7-8H2,1-3H3. The van der Waals surface area contributed by atoms with Crippen molar-refractivity contribution < 1.29 is 14.3 Å². The van der Waals surface area contributed by atoms with E-state index in [9.17, 15) is 5.11 Å². The van der Waals surface area contributed by atoms with E-state index in [2.05, 4.69) is 0 Å². The third kappa shape index (κ3) is 2.35. The number of furan rings is 1. The van der Waals surface area contributed by atoms with Crippen molar-refractivity contribution in [2.24, 2.45) is 0 Å². The van der Waals surface area contributed by atoms with E-state index in [1.165, 1.54) is 0 Å². The number of aliphatic hydroxyl groups is 1. The zero-order valence-corrected chi connectivity index (χ0v) is 10.5. The Labute approximate surface area is 101 Å². The lowest BCUT2D eigenvalue weighted by Gasteiger charge is -2.19. The van der Waals surface area contributed by atoms with Crippen LogP contribution in [0.4, 0.5) is 0 Å². The molecule has 0 aliphatic carbocycles. The van der Waals surface area contributed by atoms with Gasteiger partial charge in [-0.2, -0.15) is 0 Å². The summed E-state index contributed by atoms with van der Waals surface area (Å²) in [5.41, 5.74) is 0.943. The summed E-state index contributed by atoms with van der Waals surface area (Å²) < 4.78 is 10.8. The van der Waals surface area contributed by atoms with Crippen LogP contribution in [0.1, 0.15) is 24.7 Å². The van der Waals surface area contributed by atoms with Crippen LogP contribution in [-0.2, 0) is 10.3 Å². The van der Waals surface area contributed by atoms with Gasteiger partial charge in [0.05, 0.1) is 0 Å². The number of hydrogen-bond acceptors (Lipinski definition) is 3. The molecule has 3 nitrogen and oxygen atoms in total. The molecule has 0 radical (unpaired) electrons. The molecule has 1 heterocycles. The molecule has 0 amide bonds. The van der Waals surface area contributed by atoms with Crippen molar-refractivity contribution in [2.45, 2.75) is 25.9 Å². The largest absolute Gasteiger partial charge is 0.458 e. The van der Waals surface area contributed by atoms with E-state index in [-0.39, 0.29) is 0 Å². The Balaban J connectivity index is 2.39. The molecule has 17 heavy (non-hydrogen) atoms. The Morgan fingerprint density at radius 3 is 2.82 bits per heavy atom. The smallest absolute Gasteiger partial charge is 0.137 e. The number of rotatable bonds is 4. The Morgan fingerprint density at radius 1 is 1.41 bits per heavy atom. The second kappa shape index (κ2) is 4.51. The number of ether oxygens (including phenoxy) is 1. The Kier molecular flexibility index (Phi) is 3.22. The maximum absolute atomic E-state index is 10.3. The quantitative estimate of drug-likeness (QED) is 0.884. The van der Waals surface area contributed by atoms with Crippen LogP contribution in [0.3, 0.4) is 0 Å². The topological polar surface area (TPSA) is 42.6 Å². The molecule has 0 spiro atoms. The summed E-state index contributed by atoms with van der Waals surface area (Å²) >= 11 is 0. The molecule has 2 aromatic rings. The second-order valence-electron chi connectivity index (χ2n) is 4.62. The molecule has 92 valence electrons. The van der Waals surface area contributed by atoms with Crippen LogP contribution >= 0.6 is 0 Å². The molecule has 1 aromatic heterocycles. The molecule has 1 atom stereocenters. The first-order valence-electron chi connectivity index (χ1n) is 5.75. The van der Waals surface area contributed by atoms with E-state index in [4.69, 9.17) is 9.15 Å². The normalized spacial score (nSPS) is 15.1. The molecule has 2 rings (SSSR count). The Hall–Kier alpha value is -1.32. The van der Waals surface area contributed by atoms with Crippen molar-refractivity contribution in [3.8, 4) is 0 Å². The molecule has 0 aliphatic heterocycles. The summed E-state index contributed by atoms with van der Waals surface area (Å²) in [5.74, 6) is 0.596. The molecule has 0 aliphatic rings. The second-order valence-corrected chi connectivity index (χ2v) is 4.62. The molecule has 3 heteroatoms. The first-order valence-corrected chi connectivity index (χ1v) is 5.75. The third-order valence-electron chi connectivity index (χ3n) is 3.06. The predicted molar refractivity (Wildman–Crippen MR) is 67.0 cm³/mol. The first-order chi connectivity index (χ1) is 8.04. The van der Waals surface area contributed by atoms with E-state index >= 15 is 0 Å². The van der Waals surface area contributed by atoms with Crippen LogP contribution in [0.5, 0.6) is 0 Å². The van der Waals surface area contributed by atoms with Gasteiger partial charge < -0.3 is 14.3 Å². The van der Waals surface area contributed by atoms with Gasteiger partial charge in [-0.25, -0.2) is 0 Å². The number of fused-ring (bicyclic) bond motifs is 1. The molecule has 1 aromatic carbocycles. The van der Waals surface area contributed by atoms with E-state index in [1.54, 1.807) is 14.0 Å². The summed E-state index contributed by atoms with van der Waals surface area (Å²) in [6.07, 6.45) is 0.516. The van der Waals surface area contributed by atoms with Gasteiger partial charge in [0, 0.05) is 25.5 Å². The van der Waals surface area contributed by atoms with E-state index in [0.29, 0.717) is 18.8 Å². The molecule has 0 fully saturated rings. The minimum Gasteiger partial charge on any atom is -0.458 e. The van der Waals surface area contributed by atoms with Crippen LogP contribution in [0.15, 0.2) is 28.7 Å².